The lowest BCUT2D eigenvalue weighted by molar-refractivity contribution is -0.139. The summed E-state index contributed by atoms with van der Waals surface area (Å²) in [4.78, 5) is 28.1. The Labute approximate surface area is 249 Å². The van der Waals surface area contributed by atoms with Crippen molar-refractivity contribution in [1.82, 2.24) is 10.2 Å². The van der Waals surface area contributed by atoms with Gasteiger partial charge >= 0.3 is 0 Å². The summed E-state index contributed by atoms with van der Waals surface area (Å²) in [7, 11) is -3.79. The molecule has 0 spiro atoms. The number of nitrogens with one attached hydrogen (secondary N) is 1. The van der Waals surface area contributed by atoms with Gasteiger partial charge in [-0.2, -0.15) is 0 Å². The van der Waals surface area contributed by atoms with Gasteiger partial charge in [0.15, 0.2) is 0 Å². The molecule has 9 heteroatoms. The summed E-state index contributed by atoms with van der Waals surface area (Å²) in [6, 6.07) is 14.2. The molecular weight excluding hydrogens is 558 g/mol. The van der Waals surface area contributed by atoms with Gasteiger partial charge in [0, 0.05) is 18.1 Å². The summed E-state index contributed by atoms with van der Waals surface area (Å²) in [5, 5.41) is 3.32. The molecule has 7 nitrogen and oxygen atoms in total. The van der Waals surface area contributed by atoms with Crippen LogP contribution in [0.3, 0.4) is 0 Å². The molecular formula is C32H42ClN3O4S. The third kappa shape index (κ3) is 6.43. The molecule has 2 amide bonds. The highest BCUT2D eigenvalue weighted by Gasteiger charge is 2.51. The minimum atomic E-state index is -3.79. The highest BCUT2D eigenvalue weighted by Crippen LogP contribution is 2.60. The van der Waals surface area contributed by atoms with Crippen LogP contribution in [0, 0.1) is 17.8 Å². The smallest absolute Gasteiger partial charge is 0.244 e. The average Bonchev–Trinajstić information content (AvgIpc) is 2.92. The van der Waals surface area contributed by atoms with E-state index in [-0.39, 0.29) is 17.9 Å². The van der Waals surface area contributed by atoms with Crippen molar-refractivity contribution in [2.45, 2.75) is 76.8 Å². The number of amides is 2. The molecule has 4 aliphatic carbocycles. The molecule has 0 unspecified atom stereocenters. The fourth-order valence-electron chi connectivity index (χ4n) is 7.85. The molecule has 0 radical (unpaired) electrons. The van der Waals surface area contributed by atoms with Crippen molar-refractivity contribution in [3.63, 3.8) is 0 Å². The van der Waals surface area contributed by atoms with Crippen molar-refractivity contribution in [1.29, 1.82) is 0 Å². The molecule has 41 heavy (non-hydrogen) atoms. The van der Waals surface area contributed by atoms with E-state index < -0.39 is 28.5 Å². The molecule has 0 aromatic heterocycles. The molecule has 1 atom stereocenters. The standard InChI is InChI=1S/C32H42ClN3O4S/c1-4-13-34-31(38)22(2)35(20-26-7-5-6-8-29(26)33)30(37)21-36(41(3,39)40)28-11-9-27(10-12-28)32-17-23-14-24(18-32)16-25(15-23)19-32/h5-12,22-25H,4,13-21H2,1-3H3,(H,34,38)/t22-,23?,24?,25?,32?/m0/s1. The maximum atomic E-state index is 13.8. The predicted molar refractivity (Wildman–Crippen MR) is 163 cm³/mol. The molecule has 1 N–H and O–H groups in total. The largest absolute Gasteiger partial charge is 0.354 e. The molecule has 0 saturated heterocycles. The molecule has 4 saturated carbocycles. The first-order valence-corrected chi connectivity index (χ1v) is 17.1. The topological polar surface area (TPSA) is 86.8 Å². The molecule has 2 aromatic carbocycles. The Morgan fingerprint density at radius 2 is 1.59 bits per heavy atom. The summed E-state index contributed by atoms with van der Waals surface area (Å²) in [6.07, 6.45) is 9.63. The number of anilines is 1. The van der Waals surface area contributed by atoms with Crippen LogP contribution in [0.2, 0.25) is 5.02 Å². The Morgan fingerprint density at radius 3 is 2.12 bits per heavy atom. The highest BCUT2D eigenvalue weighted by atomic mass is 35.5. The van der Waals surface area contributed by atoms with E-state index >= 15 is 0 Å². The Balaban J connectivity index is 1.39. The van der Waals surface area contributed by atoms with Crippen molar-refractivity contribution >= 4 is 39.1 Å². The molecule has 222 valence electrons. The van der Waals surface area contributed by atoms with Gasteiger partial charge in [0.05, 0.1) is 11.9 Å². The lowest BCUT2D eigenvalue weighted by Gasteiger charge is -2.57. The quantitative estimate of drug-likeness (QED) is 0.369. The van der Waals surface area contributed by atoms with Crippen molar-refractivity contribution in [3.8, 4) is 0 Å². The summed E-state index contributed by atoms with van der Waals surface area (Å²) >= 11 is 6.40. The van der Waals surface area contributed by atoms with Crippen LogP contribution in [0.1, 0.15) is 69.9 Å². The Kier molecular flexibility index (Phi) is 8.72. The van der Waals surface area contributed by atoms with Gasteiger partial charge in [0.1, 0.15) is 12.6 Å². The van der Waals surface area contributed by atoms with Gasteiger partial charge in [-0.3, -0.25) is 13.9 Å². The van der Waals surface area contributed by atoms with Gasteiger partial charge in [0.25, 0.3) is 0 Å². The van der Waals surface area contributed by atoms with E-state index in [0.717, 1.165) is 34.7 Å². The zero-order chi connectivity index (χ0) is 29.4. The average molecular weight is 600 g/mol. The second-order valence-corrected chi connectivity index (χ2v) is 14.9. The number of halogens is 1. The maximum absolute atomic E-state index is 13.8. The van der Waals surface area contributed by atoms with Gasteiger partial charge in [-0.15, -0.1) is 0 Å². The molecule has 4 fully saturated rings. The van der Waals surface area contributed by atoms with Gasteiger partial charge in [-0.25, -0.2) is 8.42 Å². The van der Waals surface area contributed by atoms with E-state index in [1.807, 2.05) is 25.1 Å². The first kappa shape index (κ1) is 29.9. The van der Waals surface area contributed by atoms with Crippen molar-refractivity contribution in [2.75, 3.05) is 23.7 Å². The molecule has 6 rings (SSSR count). The second-order valence-electron chi connectivity index (χ2n) is 12.6. The number of carbonyl (C=O) groups is 2. The Bertz CT molecular complexity index is 1340. The highest BCUT2D eigenvalue weighted by molar-refractivity contribution is 7.92. The van der Waals surface area contributed by atoms with Crippen LogP contribution in [0.5, 0.6) is 0 Å². The Morgan fingerprint density at radius 1 is 1.00 bits per heavy atom. The van der Waals surface area contributed by atoms with Crippen LogP contribution in [0.25, 0.3) is 0 Å². The lowest BCUT2D eigenvalue weighted by atomic mass is 9.48. The zero-order valence-corrected chi connectivity index (χ0v) is 25.9. The maximum Gasteiger partial charge on any atom is 0.244 e. The second kappa shape index (κ2) is 12.0. The van der Waals surface area contributed by atoms with E-state index in [9.17, 15) is 18.0 Å². The van der Waals surface area contributed by atoms with Crippen molar-refractivity contribution in [2.24, 2.45) is 17.8 Å². The number of benzene rings is 2. The van der Waals surface area contributed by atoms with Crippen LogP contribution in [-0.4, -0.2) is 50.5 Å². The molecule has 0 heterocycles. The van der Waals surface area contributed by atoms with E-state index in [1.54, 1.807) is 25.1 Å². The van der Waals surface area contributed by atoms with E-state index in [2.05, 4.69) is 17.4 Å². The first-order chi connectivity index (χ1) is 19.5. The summed E-state index contributed by atoms with van der Waals surface area (Å²) in [5.74, 6) is 1.67. The fraction of sp³-hybridized carbons (Fsp3) is 0.562. The van der Waals surface area contributed by atoms with Crippen molar-refractivity contribution < 1.29 is 18.0 Å². The predicted octanol–water partition coefficient (Wildman–Crippen LogP) is 5.52. The van der Waals surface area contributed by atoms with Gasteiger partial charge < -0.3 is 10.2 Å². The third-order valence-corrected chi connectivity index (χ3v) is 11.0. The number of sulfonamides is 1. The van der Waals surface area contributed by atoms with Crippen LogP contribution >= 0.6 is 11.6 Å². The molecule has 0 aliphatic heterocycles. The van der Waals surface area contributed by atoms with Crippen LogP contribution in [0.4, 0.5) is 5.69 Å². The monoisotopic (exact) mass is 599 g/mol. The minimum absolute atomic E-state index is 0.0851. The first-order valence-electron chi connectivity index (χ1n) is 14.9. The van der Waals surface area contributed by atoms with Crippen LogP contribution in [0.15, 0.2) is 48.5 Å². The fourth-order valence-corrected chi connectivity index (χ4v) is 8.89. The summed E-state index contributed by atoms with van der Waals surface area (Å²) in [6.45, 7) is 3.77. The van der Waals surface area contributed by atoms with E-state index in [0.29, 0.717) is 22.8 Å². The minimum Gasteiger partial charge on any atom is -0.354 e. The van der Waals surface area contributed by atoms with Crippen LogP contribution in [-0.2, 0) is 31.6 Å². The van der Waals surface area contributed by atoms with E-state index in [4.69, 9.17) is 11.6 Å². The number of hydrogen-bond donors (Lipinski definition) is 1. The van der Waals surface area contributed by atoms with Gasteiger partial charge in [0.2, 0.25) is 21.8 Å². The van der Waals surface area contributed by atoms with Gasteiger partial charge in [-0.05, 0) is 104 Å². The molecule has 2 aromatic rings. The number of hydrogen-bond acceptors (Lipinski definition) is 4. The SMILES string of the molecule is CCCNC(=O)[C@H](C)N(Cc1ccccc1Cl)C(=O)CN(c1ccc(C23CC4CC(CC(C4)C2)C3)cc1)S(C)(=O)=O. The third-order valence-electron chi connectivity index (χ3n) is 9.50. The molecule has 4 aliphatic rings. The summed E-state index contributed by atoms with van der Waals surface area (Å²) in [5.41, 5.74) is 2.63. The zero-order valence-electron chi connectivity index (χ0n) is 24.3. The number of rotatable bonds is 11. The summed E-state index contributed by atoms with van der Waals surface area (Å²) < 4.78 is 27.2. The Hall–Kier alpha value is -2.58. The lowest BCUT2D eigenvalue weighted by Crippen LogP contribution is -2.51. The molecule has 4 bridgehead atoms. The number of nitrogens with zero attached hydrogens (tertiary/aromatic N) is 2. The number of carbonyl (C=O) groups excluding carboxylic acids is 2. The van der Waals surface area contributed by atoms with E-state index in [1.165, 1.54) is 49.0 Å². The van der Waals surface area contributed by atoms with Gasteiger partial charge in [-0.1, -0.05) is 48.9 Å². The van der Waals surface area contributed by atoms with Crippen molar-refractivity contribution in [3.05, 3.63) is 64.7 Å². The van der Waals surface area contributed by atoms with Crippen LogP contribution < -0.4 is 9.62 Å². The normalized spacial score (nSPS) is 25.5.